The first kappa shape index (κ1) is 19.3. The van der Waals surface area contributed by atoms with Crippen LogP contribution in [0, 0.1) is 19.8 Å². The zero-order valence-electron chi connectivity index (χ0n) is 14.9. The van der Waals surface area contributed by atoms with Gasteiger partial charge in [-0.05, 0) is 37.1 Å². The number of thioether (sulfide) groups is 1. The van der Waals surface area contributed by atoms with Crippen molar-refractivity contribution in [3.05, 3.63) is 29.3 Å². The Balaban J connectivity index is 1.62. The summed E-state index contributed by atoms with van der Waals surface area (Å²) >= 11 is 2.33. The highest BCUT2D eigenvalue weighted by molar-refractivity contribution is 8.01. The van der Waals surface area contributed by atoms with Crippen LogP contribution in [-0.2, 0) is 14.4 Å². The molecular formula is C17H19N5O3S2. The second-order valence-electron chi connectivity index (χ2n) is 6.29. The molecule has 1 saturated heterocycles. The Hall–Kier alpha value is -2.46. The number of nitrogens with one attached hydrogen (secondary N) is 1. The molecule has 2 aromatic rings. The molecule has 142 valence electrons. The lowest BCUT2D eigenvalue weighted by Gasteiger charge is -2.17. The van der Waals surface area contributed by atoms with Crippen molar-refractivity contribution < 1.29 is 14.4 Å². The Morgan fingerprint density at radius 1 is 1.33 bits per heavy atom. The molecule has 0 spiro atoms. The SMILES string of the molecule is Cc1ccc(N2C[C@@H](C(=O)Nc3nnc(SCC(N)=O)s3)CC2=O)cc1C. The quantitative estimate of drug-likeness (QED) is 0.558. The van der Waals surface area contributed by atoms with Crippen LogP contribution in [0.5, 0.6) is 0 Å². The molecular weight excluding hydrogens is 386 g/mol. The van der Waals surface area contributed by atoms with Crippen LogP contribution < -0.4 is 16.0 Å². The summed E-state index contributed by atoms with van der Waals surface area (Å²) < 4.78 is 0.545. The molecule has 1 fully saturated rings. The van der Waals surface area contributed by atoms with Crippen molar-refractivity contribution in [2.24, 2.45) is 11.7 Å². The number of carbonyl (C=O) groups excluding carboxylic acids is 3. The van der Waals surface area contributed by atoms with Crippen LogP contribution in [0.15, 0.2) is 22.5 Å². The van der Waals surface area contributed by atoms with Crippen LogP contribution in [-0.4, -0.2) is 40.2 Å². The van der Waals surface area contributed by atoms with Gasteiger partial charge in [-0.15, -0.1) is 10.2 Å². The number of nitrogens with two attached hydrogens (primary N) is 1. The minimum absolute atomic E-state index is 0.0756. The summed E-state index contributed by atoms with van der Waals surface area (Å²) in [6, 6.07) is 5.83. The summed E-state index contributed by atoms with van der Waals surface area (Å²) in [4.78, 5) is 37.3. The third-order valence-electron chi connectivity index (χ3n) is 4.27. The van der Waals surface area contributed by atoms with E-state index in [1.807, 2.05) is 32.0 Å². The molecule has 10 heteroatoms. The van der Waals surface area contributed by atoms with E-state index in [2.05, 4.69) is 15.5 Å². The van der Waals surface area contributed by atoms with Crippen LogP contribution in [0.3, 0.4) is 0 Å². The minimum Gasteiger partial charge on any atom is -0.369 e. The average Bonchev–Trinajstić information content (AvgIpc) is 3.22. The summed E-state index contributed by atoms with van der Waals surface area (Å²) in [7, 11) is 0. The number of hydrogen-bond acceptors (Lipinski definition) is 7. The molecule has 0 unspecified atom stereocenters. The van der Waals surface area contributed by atoms with Gasteiger partial charge in [0, 0.05) is 18.7 Å². The molecule has 2 heterocycles. The summed E-state index contributed by atoms with van der Waals surface area (Å²) in [5.74, 6) is -1.14. The number of aryl methyl sites for hydroxylation is 2. The summed E-state index contributed by atoms with van der Waals surface area (Å²) in [5.41, 5.74) is 8.15. The van der Waals surface area contributed by atoms with E-state index in [0.29, 0.717) is 16.0 Å². The number of carbonyl (C=O) groups is 3. The smallest absolute Gasteiger partial charge is 0.231 e. The van der Waals surface area contributed by atoms with Gasteiger partial charge in [-0.25, -0.2) is 0 Å². The molecule has 1 aliphatic heterocycles. The van der Waals surface area contributed by atoms with E-state index in [9.17, 15) is 14.4 Å². The first-order chi connectivity index (χ1) is 12.8. The van der Waals surface area contributed by atoms with E-state index < -0.39 is 11.8 Å². The lowest BCUT2D eigenvalue weighted by Crippen LogP contribution is -2.28. The molecule has 1 aliphatic rings. The maximum atomic E-state index is 12.5. The van der Waals surface area contributed by atoms with E-state index in [0.717, 1.165) is 16.8 Å². The van der Waals surface area contributed by atoms with Crippen molar-refractivity contribution in [3.63, 3.8) is 0 Å². The highest BCUT2D eigenvalue weighted by atomic mass is 32.2. The van der Waals surface area contributed by atoms with Gasteiger partial charge < -0.3 is 16.0 Å². The Kier molecular flexibility index (Phi) is 5.76. The van der Waals surface area contributed by atoms with Crippen molar-refractivity contribution in [3.8, 4) is 0 Å². The molecule has 0 saturated carbocycles. The normalized spacial score (nSPS) is 16.6. The maximum Gasteiger partial charge on any atom is 0.231 e. The van der Waals surface area contributed by atoms with Gasteiger partial charge >= 0.3 is 0 Å². The maximum absolute atomic E-state index is 12.5. The molecule has 3 rings (SSSR count). The first-order valence-corrected chi connectivity index (χ1v) is 10.1. The summed E-state index contributed by atoms with van der Waals surface area (Å²) in [5, 5.41) is 10.8. The number of nitrogens with zero attached hydrogens (tertiary/aromatic N) is 3. The zero-order valence-corrected chi connectivity index (χ0v) is 16.5. The standard InChI is InChI=1S/C17H19N5O3S2/c1-9-3-4-12(5-10(9)2)22-7-11(6-14(22)24)15(25)19-16-20-21-17(27-16)26-8-13(18)23/h3-5,11H,6-8H2,1-2H3,(H2,18,23)(H,19,20,25)/t11-/m0/s1. The molecule has 0 radical (unpaired) electrons. The Bertz CT molecular complexity index is 898. The predicted octanol–water partition coefficient (Wildman–Crippen LogP) is 1.72. The van der Waals surface area contributed by atoms with Gasteiger partial charge in [0.1, 0.15) is 0 Å². The second kappa shape index (κ2) is 8.05. The Morgan fingerprint density at radius 2 is 2.11 bits per heavy atom. The molecule has 3 amide bonds. The molecule has 1 aromatic carbocycles. The first-order valence-electron chi connectivity index (χ1n) is 8.26. The van der Waals surface area contributed by atoms with Crippen molar-refractivity contribution in [2.45, 2.75) is 24.6 Å². The topological polar surface area (TPSA) is 118 Å². The average molecular weight is 406 g/mol. The van der Waals surface area contributed by atoms with Crippen molar-refractivity contribution in [1.82, 2.24) is 10.2 Å². The number of benzene rings is 1. The second-order valence-corrected chi connectivity index (χ2v) is 8.49. The number of primary amides is 1. The number of aromatic nitrogens is 2. The third kappa shape index (κ3) is 4.64. The zero-order chi connectivity index (χ0) is 19.6. The fourth-order valence-corrected chi connectivity index (χ4v) is 4.18. The van der Waals surface area contributed by atoms with E-state index in [4.69, 9.17) is 5.73 Å². The molecule has 27 heavy (non-hydrogen) atoms. The van der Waals surface area contributed by atoms with Gasteiger partial charge in [0.15, 0.2) is 4.34 Å². The molecule has 1 atom stereocenters. The molecule has 0 bridgehead atoms. The van der Waals surface area contributed by atoms with Crippen LogP contribution in [0.2, 0.25) is 0 Å². The molecule has 0 aliphatic carbocycles. The molecule has 1 aromatic heterocycles. The Labute approximate surface area is 164 Å². The van der Waals surface area contributed by atoms with E-state index >= 15 is 0 Å². The van der Waals surface area contributed by atoms with E-state index in [-0.39, 0.29) is 24.0 Å². The van der Waals surface area contributed by atoms with Gasteiger partial charge in [0.05, 0.1) is 11.7 Å². The third-order valence-corrected chi connectivity index (χ3v) is 6.27. The fourth-order valence-electron chi connectivity index (χ4n) is 2.69. The minimum atomic E-state index is -0.454. The fraction of sp³-hybridized carbons (Fsp3) is 0.353. The summed E-state index contributed by atoms with van der Waals surface area (Å²) in [6.45, 7) is 4.33. The lowest BCUT2D eigenvalue weighted by molar-refractivity contribution is -0.122. The van der Waals surface area contributed by atoms with Crippen molar-refractivity contribution >= 4 is 51.6 Å². The summed E-state index contributed by atoms with van der Waals surface area (Å²) in [6.07, 6.45) is 0.154. The van der Waals surface area contributed by atoms with Crippen LogP contribution in [0.4, 0.5) is 10.8 Å². The van der Waals surface area contributed by atoms with Crippen LogP contribution >= 0.6 is 23.1 Å². The van der Waals surface area contributed by atoms with Gasteiger partial charge in [0.25, 0.3) is 0 Å². The van der Waals surface area contributed by atoms with Gasteiger partial charge in [-0.2, -0.15) is 0 Å². The highest BCUT2D eigenvalue weighted by Crippen LogP contribution is 2.29. The number of hydrogen-bond donors (Lipinski definition) is 2. The molecule has 8 nitrogen and oxygen atoms in total. The Morgan fingerprint density at radius 3 is 2.81 bits per heavy atom. The van der Waals surface area contributed by atoms with Gasteiger partial charge in [0.2, 0.25) is 22.9 Å². The van der Waals surface area contributed by atoms with Crippen LogP contribution in [0.1, 0.15) is 17.5 Å². The number of anilines is 2. The van der Waals surface area contributed by atoms with Crippen molar-refractivity contribution in [1.29, 1.82) is 0 Å². The molecule has 3 N–H and O–H groups in total. The van der Waals surface area contributed by atoms with Gasteiger partial charge in [-0.1, -0.05) is 29.2 Å². The largest absolute Gasteiger partial charge is 0.369 e. The number of amides is 3. The predicted molar refractivity (Wildman–Crippen MR) is 105 cm³/mol. The van der Waals surface area contributed by atoms with E-state index in [1.165, 1.54) is 23.1 Å². The van der Waals surface area contributed by atoms with E-state index in [1.54, 1.807) is 4.90 Å². The van der Waals surface area contributed by atoms with Crippen molar-refractivity contribution in [2.75, 3.05) is 22.5 Å². The highest BCUT2D eigenvalue weighted by Gasteiger charge is 2.35. The van der Waals surface area contributed by atoms with Gasteiger partial charge in [-0.3, -0.25) is 14.4 Å². The number of rotatable bonds is 6. The van der Waals surface area contributed by atoms with Crippen LogP contribution in [0.25, 0.3) is 0 Å². The lowest BCUT2D eigenvalue weighted by atomic mass is 10.1. The monoisotopic (exact) mass is 405 g/mol.